The van der Waals surface area contributed by atoms with Crippen LogP contribution in [-0.2, 0) is 27.6 Å². The van der Waals surface area contributed by atoms with Crippen molar-refractivity contribution in [1.29, 1.82) is 0 Å². The SMILES string of the molecule is CN=C(NCCc1ccc(S(C)(=O)=O)cc1)NCC(=O)NCc1ccco1. The van der Waals surface area contributed by atoms with Crippen molar-refractivity contribution in [3.8, 4) is 0 Å². The van der Waals surface area contributed by atoms with Crippen LogP contribution >= 0.6 is 0 Å². The fraction of sp³-hybridized carbons (Fsp3) is 0.333. The minimum Gasteiger partial charge on any atom is -0.467 e. The molecule has 9 heteroatoms. The molecule has 0 radical (unpaired) electrons. The van der Waals surface area contributed by atoms with E-state index in [1.54, 1.807) is 49.7 Å². The van der Waals surface area contributed by atoms with Crippen LogP contribution in [0.3, 0.4) is 0 Å². The number of sulfone groups is 1. The van der Waals surface area contributed by atoms with Gasteiger partial charge in [0.1, 0.15) is 5.76 Å². The minimum absolute atomic E-state index is 0.0867. The van der Waals surface area contributed by atoms with Crippen molar-refractivity contribution < 1.29 is 17.6 Å². The van der Waals surface area contributed by atoms with Crippen LogP contribution in [0, 0.1) is 0 Å². The highest BCUT2D eigenvalue weighted by Crippen LogP contribution is 2.10. The average molecular weight is 392 g/mol. The first-order valence-corrected chi connectivity index (χ1v) is 10.3. The van der Waals surface area contributed by atoms with Gasteiger partial charge >= 0.3 is 0 Å². The molecule has 0 bridgehead atoms. The molecule has 1 aromatic carbocycles. The van der Waals surface area contributed by atoms with E-state index in [-0.39, 0.29) is 12.5 Å². The number of hydrogen-bond donors (Lipinski definition) is 3. The Morgan fingerprint density at radius 2 is 1.85 bits per heavy atom. The van der Waals surface area contributed by atoms with Crippen molar-refractivity contribution in [3.63, 3.8) is 0 Å². The van der Waals surface area contributed by atoms with Crippen LogP contribution < -0.4 is 16.0 Å². The topological polar surface area (TPSA) is 113 Å². The van der Waals surface area contributed by atoms with Gasteiger partial charge in [0.05, 0.1) is 24.2 Å². The molecule has 146 valence electrons. The van der Waals surface area contributed by atoms with Gasteiger partial charge < -0.3 is 20.4 Å². The van der Waals surface area contributed by atoms with Crippen molar-refractivity contribution in [3.05, 3.63) is 54.0 Å². The maximum atomic E-state index is 11.8. The number of amides is 1. The second kappa shape index (κ2) is 9.77. The van der Waals surface area contributed by atoms with Crippen molar-refractivity contribution in [2.45, 2.75) is 17.9 Å². The van der Waals surface area contributed by atoms with Gasteiger partial charge in [-0.25, -0.2) is 8.42 Å². The summed E-state index contributed by atoms with van der Waals surface area (Å²) in [4.78, 5) is 16.2. The molecule has 0 aliphatic heterocycles. The highest BCUT2D eigenvalue weighted by Gasteiger charge is 2.07. The number of nitrogens with zero attached hydrogens (tertiary/aromatic N) is 1. The van der Waals surface area contributed by atoms with E-state index in [1.807, 2.05) is 0 Å². The molecule has 0 saturated carbocycles. The monoisotopic (exact) mass is 392 g/mol. The zero-order valence-corrected chi connectivity index (χ0v) is 16.2. The van der Waals surface area contributed by atoms with Crippen molar-refractivity contribution >= 4 is 21.7 Å². The van der Waals surface area contributed by atoms with E-state index in [0.29, 0.717) is 36.1 Å². The van der Waals surface area contributed by atoms with Crippen LogP contribution in [-0.4, -0.2) is 46.7 Å². The Labute approximate surface area is 159 Å². The average Bonchev–Trinajstić information content (AvgIpc) is 3.16. The molecule has 0 atom stereocenters. The zero-order chi connectivity index (χ0) is 19.7. The van der Waals surface area contributed by atoms with Crippen LogP contribution in [0.25, 0.3) is 0 Å². The highest BCUT2D eigenvalue weighted by atomic mass is 32.2. The molecule has 1 heterocycles. The van der Waals surface area contributed by atoms with Crippen molar-refractivity contribution in [1.82, 2.24) is 16.0 Å². The lowest BCUT2D eigenvalue weighted by molar-refractivity contribution is -0.120. The van der Waals surface area contributed by atoms with E-state index in [0.717, 1.165) is 5.56 Å². The minimum atomic E-state index is -3.18. The Bertz CT molecular complexity index is 859. The summed E-state index contributed by atoms with van der Waals surface area (Å²) in [5, 5.41) is 8.78. The van der Waals surface area contributed by atoms with Crippen LogP contribution in [0.5, 0.6) is 0 Å². The number of nitrogens with one attached hydrogen (secondary N) is 3. The van der Waals surface area contributed by atoms with Gasteiger partial charge in [0.25, 0.3) is 0 Å². The van der Waals surface area contributed by atoms with Crippen molar-refractivity contribution in [2.24, 2.45) is 4.99 Å². The second-order valence-corrected chi connectivity index (χ2v) is 7.89. The predicted molar refractivity (Wildman–Crippen MR) is 103 cm³/mol. The van der Waals surface area contributed by atoms with Gasteiger partial charge in [-0.05, 0) is 36.2 Å². The lowest BCUT2D eigenvalue weighted by Gasteiger charge is -2.12. The lowest BCUT2D eigenvalue weighted by atomic mass is 10.1. The van der Waals surface area contributed by atoms with E-state index in [9.17, 15) is 13.2 Å². The molecule has 0 unspecified atom stereocenters. The molecule has 1 amide bonds. The summed E-state index contributed by atoms with van der Waals surface area (Å²) in [6, 6.07) is 10.3. The Morgan fingerprint density at radius 1 is 1.11 bits per heavy atom. The molecule has 8 nitrogen and oxygen atoms in total. The van der Waals surface area contributed by atoms with E-state index in [2.05, 4.69) is 20.9 Å². The second-order valence-electron chi connectivity index (χ2n) is 5.87. The fourth-order valence-electron chi connectivity index (χ4n) is 2.27. The van der Waals surface area contributed by atoms with E-state index in [4.69, 9.17) is 4.42 Å². The number of benzene rings is 1. The molecular weight excluding hydrogens is 368 g/mol. The first-order chi connectivity index (χ1) is 12.9. The third-order valence-corrected chi connectivity index (χ3v) is 4.87. The fourth-order valence-corrected chi connectivity index (χ4v) is 2.91. The van der Waals surface area contributed by atoms with Gasteiger partial charge in [0.2, 0.25) is 5.91 Å². The first kappa shape index (κ1) is 20.5. The van der Waals surface area contributed by atoms with Crippen LogP contribution in [0.2, 0.25) is 0 Å². The van der Waals surface area contributed by atoms with Gasteiger partial charge in [-0.15, -0.1) is 0 Å². The van der Waals surface area contributed by atoms with Crippen molar-refractivity contribution in [2.75, 3.05) is 26.4 Å². The van der Waals surface area contributed by atoms with E-state index in [1.165, 1.54) is 6.26 Å². The number of hydrogen-bond acceptors (Lipinski definition) is 5. The summed E-state index contributed by atoms with van der Waals surface area (Å²) in [6.07, 6.45) is 3.43. The quantitative estimate of drug-likeness (QED) is 0.450. The van der Waals surface area contributed by atoms with Gasteiger partial charge in [-0.1, -0.05) is 12.1 Å². The Morgan fingerprint density at radius 3 is 2.44 bits per heavy atom. The summed E-state index contributed by atoms with van der Waals surface area (Å²) in [5.41, 5.74) is 1.00. The highest BCUT2D eigenvalue weighted by molar-refractivity contribution is 7.90. The lowest BCUT2D eigenvalue weighted by Crippen LogP contribution is -2.43. The van der Waals surface area contributed by atoms with E-state index < -0.39 is 9.84 Å². The van der Waals surface area contributed by atoms with E-state index >= 15 is 0 Å². The molecule has 0 aliphatic rings. The molecular formula is C18H24N4O4S. The number of aliphatic imine (C=N–C) groups is 1. The van der Waals surface area contributed by atoms with Gasteiger partial charge in [0, 0.05) is 19.8 Å². The first-order valence-electron chi connectivity index (χ1n) is 8.41. The maximum absolute atomic E-state index is 11.8. The Hall–Kier alpha value is -2.81. The summed E-state index contributed by atoms with van der Waals surface area (Å²) in [7, 11) is -1.56. The molecule has 1 aromatic heterocycles. The standard InChI is InChI=1S/C18H24N4O4S/c1-19-18(22-13-17(23)21-12-15-4-3-11-26-15)20-10-9-14-5-7-16(8-6-14)27(2,24)25/h3-8,11H,9-10,12-13H2,1-2H3,(H,21,23)(H2,19,20,22). The molecule has 2 aromatic rings. The number of guanidine groups is 1. The number of carbonyl (C=O) groups is 1. The Balaban J connectivity index is 1.70. The molecule has 2 rings (SSSR count). The Kier molecular flexibility index (Phi) is 7.42. The molecule has 0 aliphatic carbocycles. The molecule has 0 spiro atoms. The van der Waals surface area contributed by atoms with Gasteiger partial charge in [-0.3, -0.25) is 9.79 Å². The third kappa shape index (κ3) is 7.14. The predicted octanol–water partition coefficient (Wildman–Crippen LogP) is 0.707. The summed E-state index contributed by atoms with van der Waals surface area (Å²) in [6.45, 7) is 1.01. The molecule has 0 fully saturated rings. The normalized spacial score (nSPS) is 11.9. The number of furan rings is 1. The zero-order valence-electron chi connectivity index (χ0n) is 15.4. The summed E-state index contributed by atoms with van der Waals surface area (Å²) >= 11 is 0. The third-order valence-electron chi connectivity index (χ3n) is 3.74. The smallest absolute Gasteiger partial charge is 0.239 e. The number of rotatable bonds is 8. The van der Waals surface area contributed by atoms with Crippen LogP contribution in [0.15, 0.2) is 57.0 Å². The molecule has 3 N–H and O–H groups in total. The summed E-state index contributed by atoms with van der Waals surface area (Å²) in [5.74, 6) is 1.02. The van der Waals surface area contributed by atoms with Gasteiger partial charge in [0.15, 0.2) is 15.8 Å². The summed E-state index contributed by atoms with van der Waals surface area (Å²) < 4.78 is 28.1. The van der Waals surface area contributed by atoms with Crippen LogP contribution in [0.1, 0.15) is 11.3 Å². The molecule has 0 saturated heterocycles. The number of carbonyl (C=O) groups excluding carboxylic acids is 1. The van der Waals surface area contributed by atoms with Gasteiger partial charge in [-0.2, -0.15) is 0 Å². The molecule has 27 heavy (non-hydrogen) atoms. The van der Waals surface area contributed by atoms with Crippen LogP contribution in [0.4, 0.5) is 0 Å². The largest absolute Gasteiger partial charge is 0.467 e. The maximum Gasteiger partial charge on any atom is 0.239 e.